The summed E-state index contributed by atoms with van der Waals surface area (Å²) in [6.45, 7) is -0.538. The number of carbonyl (C=O) groups is 2. The van der Waals surface area contributed by atoms with Crippen LogP contribution in [-0.4, -0.2) is 39.7 Å². The number of benzene rings is 2. The molecule has 28 heavy (non-hydrogen) atoms. The second-order valence-electron chi connectivity index (χ2n) is 5.51. The van der Waals surface area contributed by atoms with Gasteiger partial charge in [-0.05, 0) is 42.0 Å². The lowest BCUT2D eigenvalue weighted by Crippen LogP contribution is -2.16. The molecule has 2 rings (SSSR count). The minimum atomic E-state index is -0.895. The molecule has 7 heteroatoms. The van der Waals surface area contributed by atoms with Crippen LogP contribution in [0.25, 0.3) is 6.08 Å². The first-order valence-electron chi connectivity index (χ1n) is 8.20. The third-order valence-corrected chi connectivity index (χ3v) is 3.81. The van der Waals surface area contributed by atoms with Gasteiger partial charge in [-0.2, -0.15) is 5.26 Å². The molecule has 0 aliphatic carbocycles. The number of Topliss-reactive ketones (excluding diaryl/α,β-unsaturated/α-hetero) is 1. The molecule has 0 amide bonds. The Morgan fingerprint density at radius 3 is 2.18 bits per heavy atom. The maximum absolute atomic E-state index is 12.4. The topological polar surface area (TPSA) is 94.8 Å². The fourth-order valence-electron chi connectivity index (χ4n) is 2.32. The third-order valence-electron chi connectivity index (χ3n) is 3.81. The summed E-state index contributed by atoms with van der Waals surface area (Å²) in [5, 5.41) is 9.23. The Kier molecular flexibility index (Phi) is 7.17. The van der Waals surface area contributed by atoms with E-state index in [2.05, 4.69) is 0 Å². The molecule has 0 bridgehead atoms. The van der Waals surface area contributed by atoms with Crippen molar-refractivity contribution in [2.24, 2.45) is 0 Å². The van der Waals surface area contributed by atoms with Crippen LogP contribution in [0.5, 0.6) is 17.2 Å². The van der Waals surface area contributed by atoms with Crippen LogP contribution in [-0.2, 0) is 9.53 Å². The average Bonchev–Trinajstić information content (AvgIpc) is 2.75. The van der Waals surface area contributed by atoms with Crippen molar-refractivity contribution in [2.45, 2.75) is 0 Å². The highest BCUT2D eigenvalue weighted by Crippen LogP contribution is 2.24. The molecule has 0 spiro atoms. The van der Waals surface area contributed by atoms with Crippen LogP contribution in [0.3, 0.4) is 0 Å². The Morgan fingerprint density at radius 2 is 1.61 bits per heavy atom. The van der Waals surface area contributed by atoms with Gasteiger partial charge in [0.2, 0.25) is 5.78 Å². The van der Waals surface area contributed by atoms with Gasteiger partial charge in [-0.25, -0.2) is 4.79 Å². The lowest BCUT2D eigenvalue weighted by molar-refractivity contribution is -0.137. The first-order valence-corrected chi connectivity index (χ1v) is 8.20. The number of ether oxygens (including phenoxy) is 4. The molecule has 0 aliphatic heterocycles. The molecule has 0 saturated heterocycles. The molecular formula is C21H19NO6. The molecule has 0 fully saturated rings. The summed E-state index contributed by atoms with van der Waals surface area (Å²) in [6.07, 6.45) is 1.37. The van der Waals surface area contributed by atoms with Gasteiger partial charge >= 0.3 is 5.97 Å². The Bertz CT molecular complexity index is 925. The Labute approximate surface area is 162 Å². The van der Waals surface area contributed by atoms with Crippen LogP contribution in [0, 0.1) is 11.3 Å². The average molecular weight is 381 g/mol. The zero-order chi connectivity index (χ0) is 20.5. The van der Waals surface area contributed by atoms with Gasteiger partial charge in [0.15, 0.2) is 6.61 Å². The van der Waals surface area contributed by atoms with Gasteiger partial charge in [0.25, 0.3) is 0 Å². The van der Waals surface area contributed by atoms with E-state index in [-0.39, 0.29) is 11.1 Å². The van der Waals surface area contributed by atoms with Gasteiger partial charge in [-0.3, -0.25) is 4.79 Å². The Hall–Kier alpha value is -3.79. The lowest BCUT2D eigenvalue weighted by atomic mass is 10.1. The van der Waals surface area contributed by atoms with Gasteiger partial charge in [0.05, 0.1) is 26.9 Å². The van der Waals surface area contributed by atoms with Crippen molar-refractivity contribution in [3.05, 3.63) is 59.2 Å². The minimum Gasteiger partial charge on any atom is -0.497 e. The van der Waals surface area contributed by atoms with E-state index < -0.39 is 18.4 Å². The van der Waals surface area contributed by atoms with Crippen LogP contribution in [0.4, 0.5) is 0 Å². The highest BCUT2D eigenvalue weighted by molar-refractivity contribution is 6.03. The van der Waals surface area contributed by atoms with Crippen molar-refractivity contribution in [3.8, 4) is 23.3 Å². The number of nitriles is 1. The van der Waals surface area contributed by atoms with Crippen molar-refractivity contribution in [3.63, 3.8) is 0 Å². The zero-order valence-corrected chi connectivity index (χ0v) is 15.7. The molecule has 0 aromatic heterocycles. The highest BCUT2D eigenvalue weighted by atomic mass is 16.5. The van der Waals surface area contributed by atoms with E-state index in [0.29, 0.717) is 22.8 Å². The normalized spacial score (nSPS) is 10.6. The number of methoxy groups -OCH3 is 3. The van der Waals surface area contributed by atoms with E-state index in [9.17, 15) is 14.9 Å². The van der Waals surface area contributed by atoms with Crippen LogP contribution in [0.1, 0.15) is 15.9 Å². The smallest absolute Gasteiger partial charge is 0.349 e. The standard InChI is InChI=1S/C21H19NO6/c1-25-16-6-4-14(5-7-16)10-15(12-22)21(24)28-13-19(23)18-11-17(26-2)8-9-20(18)27-3/h4-11H,13H2,1-3H3/b15-10+. The number of esters is 1. The molecule has 0 N–H and O–H groups in total. The summed E-state index contributed by atoms with van der Waals surface area (Å²) in [5.74, 6) is 0.0687. The number of hydrogen-bond donors (Lipinski definition) is 0. The molecule has 2 aromatic rings. The van der Waals surface area contributed by atoms with Crippen LogP contribution < -0.4 is 14.2 Å². The summed E-state index contributed by atoms with van der Waals surface area (Å²) in [6, 6.07) is 13.3. The molecule has 0 aliphatic rings. The van der Waals surface area contributed by atoms with Crippen molar-refractivity contribution in [1.29, 1.82) is 5.26 Å². The molecule has 0 unspecified atom stereocenters. The van der Waals surface area contributed by atoms with E-state index in [1.807, 2.05) is 0 Å². The largest absolute Gasteiger partial charge is 0.497 e. The maximum Gasteiger partial charge on any atom is 0.349 e. The molecule has 0 atom stereocenters. The van der Waals surface area contributed by atoms with Crippen LogP contribution >= 0.6 is 0 Å². The number of nitrogens with zero attached hydrogens (tertiary/aromatic N) is 1. The summed E-state index contributed by atoms with van der Waals surface area (Å²) in [5.41, 5.74) is 0.609. The first kappa shape index (κ1) is 20.5. The predicted octanol–water partition coefficient (Wildman–Crippen LogP) is 3.05. The summed E-state index contributed by atoms with van der Waals surface area (Å²) >= 11 is 0. The van der Waals surface area contributed by atoms with Crippen molar-refractivity contribution >= 4 is 17.8 Å². The number of hydrogen-bond acceptors (Lipinski definition) is 7. The van der Waals surface area contributed by atoms with Gasteiger partial charge in [0.1, 0.15) is 28.9 Å². The number of ketones is 1. The van der Waals surface area contributed by atoms with Gasteiger partial charge < -0.3 is 18.9 Å². The quantitative estimate of drug-likeness (QED) is 0.300. The summed E-state index contributed by atoms with van der Waals surface area (Å²) in [4.78, 5) is 24.6. The summed E-state index contributed by atoms with van der Waals surface area (Å²) in [7, 11) is 4.44. The number of carbonyl (C=O) groups excluding carboxylic acids is 2. The van der Waals surface area contributed by atoms with E-state index in [0.717, 1.165) is 0 Å². The molecule has 2 aromatic carbocycles. The SMILES string of the molecule is COc1ccc(/C=C(\C#N)C(=O)OCC(=O)c2cc(OC)ccc2OC)cc1. The van der Waals surface area contributed by atoms with E-state index >= 15 is 0 Å². The second-order valence-corrected chi connectivity index (χ2v) is 5.51. The maximum atomic E-state index is 12.4. The van der Waals surface area contributed by atoms with Crippen LogP contribution in [0.15, 0.2) is 48.0 Å². The molecule has 0 heterocycles. The minimum absolute atomic E-state index is 0.215. The molecular weight excluding hydrogens is 362 g/mol. The number of rotatable bonds is 8. The van der Waals surface area contributed by atoms with Gasteiger partial charge in [-0.1, -0.05) is 12.1 Å². The van der Waals surface area contributed by atoms with Gasteiger partial charge in [0, 0.05) is 0 Å². The van der Waals surface area contributed by atoms with Gasteiger partial charge in [-0.15, -0.1) is 0 Å². The zero-order valence-electron chi connectivity index (χ0n) is 15.7. The Balaban J connectivity index is 2.10. The lowest BCUT2D eigenvalue weighted by Gasteiger charge is -2.10. The summed E-state index contributed by atoms with van der Waals surface area (Å²) < 4.78 is 20.3. The monoisotopic (exact) mass is 381 g/mol. The Morgan fingerprint density at radius 1 is 0.964 bits per heavy atom. The fraction of sp³-hybridized carbons (Fsp3) is 0.190. The predicted molar refractivity (Wildman–Crippen MR) is 101 cm³/mol. The van der Waals surface area contributed by atoms with Crippen LogP contribution in [0.2, 0.25) is 0 Å². The fourth-order valence-corrected chi connectivity index (χ4v) is 2.32. The molecule has 7 nitrogen and oxygen atoms in total. The molecule has 0 radical (unpaired) electrons. The first-order chi connectivity index (χ1) is 13.5. The van der Waals surface area contributed by atoms with E-state index in [4.69, 9.17) is 18.9 Å². The van der Waals surface area contributed by atoms with Crippen molar-refractivity contribution in [1.82, 2.24) is 0 Å². The molecule has 144 valence electrons. The van der Waals surface area contributed by atoms with E-state index in [1.54, 1.807) is 42.5 Å². The van der Waals surface area contributed by atoms with Crippen molar-refractivity contribution in [2.75, 3.05) is 27.9 Å². The second kappa shape index (κ2) is 9.78. The third kappa shape index (κ3) is 5.11. The highest BCUT2D eigenvalue weighted by Gasteiger charge is 2.18. The van der Waals surface area contributed by atoms with E-state index in [1.165, 1.54) is 33.5 Å². The van der Waals surface area contributed by atoms with Crippen molar-refractivity contribution < 1.29 is 28.5 Å². The molecule has 0 saturated carbocycles.